The van der Waals surface area contributed by atoms with Crippen molar-refractivity contribution < 1.29 is 9.47 Å². The fraction of sp³-hybridized carbons (Fsp3) is 0.667. The molecule has 0 saturated heterocycles. The second-order valence-corrected chi connectivity index (χ2v) is 6.88. The number of rotatable bonds is 8. The van der Waals surface area contributed by atoms with Gasteiger partial charge in [0.2, 0.25) is 0 Å². The summed E-state index contributed by atoms with van der Waals surface area (Å²) in [7, 11) is 3.49. The molecule has 0 bridgehead atoms. The first-order valence-electron chi connectivity index (χ1n) is 7.72. The monoisotopic (exact) mass is 293 g/mol. The van der Waals surface area contributed by atoms with Gasteiger partial charge in [0.15, 0.2) is 0 Å². The molecule has 0 fully saturated rings. The molecule has 3 heteroatoms. The highest BCUT2D eigenvalue weighted by Crippen LogP contribution is 2.21. The Morgan fingerprint density at radius 1 is 1.19 bits per heavy atom. The van der Waals surface area contributed by atoms with Crippen LogP contribution in [0.1, 0.15) is 33.3 Å². The number of hydrogen-bond acceptors (Lipinski definition) is 3. The maximum Gasteiger partial charge on any atom is 0.119 e. The van der Waals surface area contributed by atoms with Gasteiger partial charge in [-0.15, -0.1) is 0 Å². The lowest BCUT2D eigenvalue weighted by atomic mass is 9.87. The Bertz CT molecular complexity index is 412. The SMILES string of the molecule is COCC(C)C(CNC(C)(C)C)Cc1cccc(OC)c1. The number of nitrogens with one attached hydrogen (secondary N) is 1. The van der Waals surface area contributed by atoms with E-state index in [0.717, 1.165) is 25.3 Å². The zero-order valence-corrected chi connectivity index (χ0v) is 14.4. The van der Waals surface area contributed by atoms with Crippen molar-refractivity contribution in [2.75, 3.05) is 27.4 Å². The topological polar surface area (TPSA) is 30.5 Å². The van der Waals surface area contributed by atoms with Crippen molar-refractivity contribution in [1.82, 2.24) is 5.32 Å². The molecule has 0 aromatic heterocycles. The van der Waals surface area contributed by atoms with Gasteiger partial charge in [0, 0.05) is 19.3 Å². The van der Waals surface area contributed by atoms with E-state index in [9.17, 15) is 0 Å². The van der Waals surface area contributed by atoms with Crippen molar-refractivity contribution in [1.29, 1.82) is 0 Å². The molecule has 1 rings (SSSR count). The zero-order valence-electron chi connectivity index (χ0n) is 14.4. The molecule has 1 N–H and O–H groups in total. The summed E-state index contributed by atoms with van der Waals surface area (Å²) in [5.41, 5.74) is 1.46. The van der Waals surface area contributed by atoms with Crippen LogP contribution in [0, 0.1) is 11.8 Å². The van der Waals surface area contributed by atoms with Gasteiger partial charge < -0.3 is 14.8 Å². The highest BCUT2D eigenvalue weighted by atomic mass is 16.5. The largest absolute Gasteiger partial charge is 0.497 e. The van der Waals surface area contributed by atoms with Crippen LogP contribution >= 0.6 is 0 Å². The maximum absolute atomic E-state index is 5.35. The fourth-order valence-corrected chi connectivity index (χ4v) is 2.41. The van der Waals surface area contributed by atoms with E-state index in [2.05, 4.69) is 51.2 Å². The Morgan fingerprint density at radius 2 is 1.90 bits per heavy atom. The fourth-order valence-electron chi connectivity index (χ4n) is 2.41. The van der Waals surface area contributed by atoms with E-state index in [1.165, 1.54) is 5.56 Å². The van der Waals surface area contributed by atoms with Crippen LogP contribution in [-0.4, -0.2) is 32.9 Å². The van der Waals surface area contributed by atoms with Crippen molar-refractivity contribution in [2.24, 2.45) is 11.8 Å². The van der Waals surface area contributed by atoms with Gasteiger partial charge in [-0.2, -0.15) is 0 Å². The lowest BCUT2D eigenvalue weighted by molar-refractivity contribution is 0.125. The smallest absolute Gasteiger partial charge is 0.119 e. The second-order valence-electron chi connectivity index (χ2n) is 6.88. The first-order valence-corrected chi connectivity index (χ1v) is 7.72. The average molecular weight is 293 g/mol. The molecule has 120 valence electrons. The standard InChI is InChI=1S/C18H31NO2/c1-14(13-20-5)16(12-19-18(2,3)4)10-15-8-7-9-17(11-15)21-6/h7-9,11,14,16,19H,10,12-13H2,1-6H3. The molecule has 0 amide bonds. The Labute approximate surface area is 130 Å². The molecule has 1 aromatic rings. The van der Waals surface area contributed by atoms with E-state index in [1.54, 1.807) is 14.2 Å². The van der Waals surface area contributed by atoms with Crippen molar-refractivity contribution in [3.8, 4) is 5.75 Å². The third-order valence-corrected chi connectivity index (χ3v) is 3.76. The molecule has 0 aliphatic heterocycles. The van der Waals surface area contributed by atoms with Gasteiger partial charge in [-0.05, 0) is 63.3 Å². The van der Waals surface area contributed by atoms with Crippen LogP contribution in [0.2, 0.25) is 0 Å². The summed E-state index contributed by atoms with van der Waals surface area (Å²) < 4.78 is 10.7. The molecule has 2 unspecified atom stereocenters. The van der Waals surface area contributed by atoms with Crippen LogP contribution in [0.25, 0.3) is 0 Å². The number of methoxy groups -OCH3 is 2. The van der Waals surface area contributed by atoms with E-state index in [0.29, 0.717) is 11.8 Å². The van der Waals surface area contributed by atoms with Crippen LogP contribution in [0.15, 0.2) is 24.3 Å². The summed E-state index contributed by atoms with van der Waals surface area (Å²) in [6.07, 6.45) is 1.03. The first-order chi connectivity index (χ1) is 9.85. The van der Waals surface area contributed by atoms with E-state index in [-0.39, 0.29) is 5.54 Å². The normalized spacial score (nSPS) is 14.8. The van der Waals surface area contributed by atoms with Crippen LogP contribution in [0.5, 0.6) is 5.75 Å². The summed E-state index contributed by atoms with van der Waals surface area (Å²) in [6, 6.07) is 8.35. The zero-order chi connectivity index (χ0) is 15.9. The van der Waals surface area contributed by atoms with Gasteiger partial charge in [-0.3, -0.25) is 0 Å². The Balaban J connectivity index is 2.75. The van der Waals surface area contributed by atoms with Crippen molar-refractivity contribution in [3.63, 3.8) is 0 Å². The van der Waals surface area contributed by atoms with E-state index in [1.807, 2.05) is 6.07 Å². The van der Waals surface area contributed by atoms with Gasteiger partial charge in [0.05, 0.1) is 7.11 Å². The summed E-state index contributed by atoms with van der Waals surface area (Å²) in [6.45, 7) is 10.7. The minimum Gasteiger partial charge on any atom is -0.497 e. The van der Waals surface area contributed by atoms with Crippen molar-refractivity contribution >= 4 is 0 Å². The van der Waals surface area contributed by atoms with Gasteiger partial charge >= 0.3 is 0 Å². The molecule has 0 radical (unpaired) electrons. The summed E-state index contributed by atoms with van der Waals surface area (Å²) in [4.78, 5) is 0. The maximum atomic E-state index is 5.35. The minimum atomic E-state index is 0.138. The third-order valence-electron chi connectivity index (χ3n) is 3.76. The first kappa shape index (κ1) is 18.0. The third kappa shape index (κ3) is 6.96. The van der Waals surface area contributed by atoms with E-state index < -0.39 is 0 Å². The quantitative estimate of drug-likeness (QED) is 0.795. The number of hydrogen-bond donors (Lipinski definition) is 1. The molecule has 0 saturated carbocycles. The van der Waals surface area contributed by atoms with Crippen LogP contribution in [0.4, 0.5) is 0 Å². The highest BCUT2D eigenvalue weighted by Gasteiger charge is 2.20. The summed E-state index contributed by atoms with van der Waals surface area (Å²) in [5.74, 6) is 1.97. The Morgan fingerprint density at radius 3 is 2.48 bits per heavy atom. The van der Waals surface area contributed by atoms with Gasteiger partial charge in [-0.1, -0.05) is 19.1 Å². The molecule has 3 nitrogen and oxygen atoms in total. The van der Waals surface area contributed by atoms with Crippen LogP contribution in [-0.2, 0) is 11.2 Å². The van der Waals surface area contributed by atoms with Gasteiger partial charge in [0.25, 0.3) is 0 Å². The van der Waals surface area contributed by atoms with E-state index >= 15 is 0 Å². The molecule has 0 aliphatic carbocycles. The highest BCUT2D eigenvalue weighted by molar-refractivity contribution is 5.28. The molecule has 0 spiro atoms. The Kier molecular flexibility index (Phi) is 7.20. The van der Waals surface area contributed by atoms with Crippen LogP contribution in [0.3, 0.4) is 0 Å². The Hall–Kier alpha value is -1.06. The molecule has 1 aromatic carbocycles. The molecule has 21 heavy (non-hydrogen) atoms. The lowest BCUT2D eigenvalue weighted by Gasteiger charge is -2.29. The molecule has 0 heterocycles. The molecule has 0 aliphatic rings. The predicted octanol–water partition coefficient (Wildman–Crippen LogP) is 3.52. The number of benzene rings is 1. The predicted molar refractivity (Wildman–Crippen MR) is 89.0 cm³/mol. The molecular formula is C18H31NO2. The second kappa shape index (κ2) is 8.40. The van der Waals surface area contributed by atoms with E-state index in [4.69, 9.17) is 9.47 Å². The summed E-state index contributed by atoms with van der Waals surface area (Å²) >= 11 is 0. The van der Waals surface area contributed by atoms with Crippen LogP contribution < -0.4 is 10.1 Å². The minimum absolute atomic E-state index is 0.138. The van der Waals surface area contributed by atoms with Crippen molar-refractivity contribution in [2.45, 2.75) is 39.7 Å². The molecule has 2 atom stereocenters. The summed E-state index contributed by atoms with van der Waals surface area (Å²) in [5, 5.41) is 3.62. The number of ether oxygens (including phenoxy) is 2. The molecular weight excluding hydrogens is 262 g/mol. The van der Waals surface area contributed by atoms with Gasteiger partial charge in [-0.25, -0.2) is 0 Å². The van der Waals surface area contributed by atoms with Crippen molar-refractivity contribution in [3.05, 3.63) is 29.8 Å². The lowest BCUT2D eigenvalue weighted by Crippen LogP contribution is -2.41. The van der Waals surface area contributed by atoms with Gasteiger partial charge in [0.1, 0.15) is 5.75 Å². The average Bonchev–Trinajstić information content (AvgIpc) is 2.43.